The van der Waals surface area contributed by atoms with Crippen molar-refractivity contribution in [2.24, 2.45) is 11.7 Å². The van der Waals surface area contributed by atoms with Gasteiger partial charge in [-0.25, -0.2) is 4.39 Å². The van der Waals surface area contributed by atoms with Crippen molar-refractivity contribution < 1.29 is 9.18 Å². The first-order chi connectivity index (χ1) is 10.2. The minimum absolute atomic E-state index is 0.0972. The number of hydrogen-bond acceptors (Lipinski definition) is 2. The summed E-state index contributed by atoms with van der Waals surface area (Å²) in [6.07, 6.45) is 3.55. The second kappa shape index (κ2) is 7.24. The van der Waals surface area contributed by atoms with E-state index in [0.29, 0.717) is 24.6 Å². The first-order valence-corrected chi connectivity index (χ1v) is 7.43. The van der Waals surface area contributed by atoms with Gasteiger partial charge in [0, 0.05) is 18.7 Å². The van der Waals surface area contributed by atoms with E-state index in [1.165, 1.54) is 18.6 Å². The zero-order valence-electron chi connectivity index (χ0n) is 12.4. The smallest absolute Gasteiger partial charge is 0.256 e. The van der Waals surface area contributed by atoms with Gasteiger partial charge in [0.15, 0.2) is 0 Å². The lowest BCUT2D eigenvalue weighted by Crippen LogP contribution is -2.37. The number of halogens is 1. The van der Waals surface area contributed by atoms with Crippen molar-refractivity contribution in [2.75, 3.05) is 19.6 Å². The van der Waals surface area contributed by atoms with Crippen LogP contribution in [0.25, 0.3) is 0 Å². The summed E-state index contributed by atoms with van der Waals surface area (Å²) in [5.74, 6) is 5.37. The van der Waals surface area contributed by atoms with Crippen LogP contribution >= 0.6 is 0 Å². The molecule has 0 bridgehead atoms. The van der Waals surface area contributed by atoms with Gasteiger partial charge in [-0.1, -0.05) is 18.3 Å². The minimum Gasteiger partial charge on any atom is -0.339 e. The van der Waals surface area contributed by atoms with Gasteiger partial charge < -0.3 is 10.6 Å². The molecule has 1 amide bonds. The average molecular weight is 288 g/mol. The van der Waals surface area contributed by atoms with Crippen molar-refractivity contribution in [1.29, 1.82) is 0 Å². The third-order valence-corrected chi connectivity index (χ3v) is 3.90. The molecule has 1 aliphatic carbocycles. The van der Waals surface area contributed by atoms with Gasteiger partial charge in [0.2, 0.25) is 0 Å². The maximum atomic E-state index is 14.0. The molecule has 0 radical (unpaired) electrons. The van der Waals surface area contributed by atoms with Crippen LogP contribution in [0.5, 0.6) is 0 Å². The van der Waals surface area contributed by atoms with Gasteiger partial charge in [0.25, 0.3) is 5.91 Å². The van der Waals surface area contributed by atoms with Crippen LogP contribution in [0.2, 0.25) is 0 Å². The Balaban J connectivity index is 2.19. The molecular weight excluding hydrogens is 267 g/mol. The van der Waals surface area contributed by atoms with Crippen LogP contribution in [-0.4, -0.2) is 30.4 Å². The predicted octanol–water partition coefficient (Wildman–Crippen LogP) is 2.40. The normalized spacial score (nSPS) is 14.0. The number of carbonyl (C=O) groups excluding carboxylic acids is 1. The van der Waals surface area contributed by atoms with Crippen molar-refractivity contribution in [3.63, 3.8) is 0 Å². The molecule has 21 heavy (non-hydrogen) atoms. The molecule has 1 aromatic carbocycles. The molecular formula is C17H21FN2O. The highest BCUT2D eigenvalue weighted by Gasteiger charge is 2.24. The van der Waals surface area contributed by atoms with E-state index in [1.807, 2.05) is 6.92 Å². The zero-order valence-corrected chi connectivity index (χ0v) is 12.4. The van der Waals surface area contributed by atoms with Gasteiger partial charge >= 0.3 is 0 Å². The Morgan fingerprint density at radius 1 is 1.48 bits per heavy atom. The fourth-order valence-corrected chi connectivity index (χ4v) is 2.43. The molecule has 112 valence electrons. The van der Waals surface area contributed by atoms with Gasteiger partial charge in [0.1, 0.15) is 5.82 Å². The molecule has 1 fully saturated rings. The summed E-state index contributed by atoms with van der Waals surface area (Å²) < 4.78 is 14.0. The second-order valence-corrected chi connectivity index (χ2v) is 5.34. The number of nitrogens with zero attached hydrogens (tertiary/aromatic N) is 1. The topological polar surface area (TPSA) is 46.3 Å². The number of rotatable bonds is 4. The Hall–Kier alpha value is -1.86. The molecule has 0 atom stereocenters. The molecule has 2 N–H and O–H groups in total. The van der Waals surface area contributed by atoms with Crippen LogP contribution in [-0.2, 0) is 0 Å². The monoisotopic (exact) mass is 288 g/mol. The summed E-state index contributed by atoms with van der Waals surface area (Å²) in [6, 6.07) is 4.38. The lowest BCUT2D eigenvalue weighted by molar-refractivity contribution is 0.0702. The molecule has 1 aliphatic rings. The summed E-state index contributed by atoms with van der Waals surface area (Å²) in [6.45, 7) is 3.47. The average Bonchev–Trinajstić information content (AvgIpc) is 2.45. The van der Waals surface area contributed by atoms with Crippen LogP contribution in [0.1, 0.15) is 42.1 Å². The number of carbonyl (C=O) groups is 1. The van der Waals surface area contributed by atoms with E-state index >= 15 is 0 Å². The van der Waals surface area contributed by atoms with E-state index in [9.17, 15) is 9.18 Å². The standard InChI is InChI=1S/C17H21FN2O/c1-2-20(12-14-5-3-6-14)17(21)15-11-13(7-4-10-19)8-9-16(15)18/h8-9,11,14H,2-3,5-6,10,12,19H2,1H3. The van der Waals surface area contributed by atoms with Crippen molar-refractivity contribution in [3.05, 3.63) is 35.1 Å². The largest absolute Gasteiger partial charge is 0.339 e. The Morgan fingerprint density at radius 2 is 2.24 bits per heavy atom. The quantitative estimate of drug-likeness (QED) is 0.865. The maximum absolute atomic E-state index is 14.0. The van der Waals surface area contributed by atoms with E-state index in [2.05, 4.69) is 11.8 Å². The molecule has 3 nitrogen and oxygen atoms in total. The molecule has 0 unspecified atom stereocenters. The molecule has 1 aromatic rings. The first-order valence-electron chi connectivity index (χ1n) is 7.43. The second-order valence-electron chi connectivity index (χ2n) is 5.34. The highest BCUT2D eigenvalue weighted by Crippen LogP contribution is 2.27. The molecule has 4 heteroatoms. The number of amides is 1. The van der Waals surface area contributed by atoms with Crippen molar-refractivity contribution >= 4 is 5.91 Å². The van der Waals surface area contributed by atoms with E-state index in [4.69, 9.17) is 5.73 Å². The Labute approximate surface area is 125 Å². The van der Waals surface area contributed by atoms with Gasteiger partial charge in [-0.15, -0.1) is 0 Å². The molecule has 0 saturated heterocycles. The Morgan fingerprint density at radius 3 is 2.81 bits per heavy atom. The van der Waals surface area contributed by atoms with Crippen LogP contribution < -0.4 is 5.73 Å². The summed E-state index contributed by atoms with van der Waals surface area (Å²) >= 11 is 0. The van der Waals surface area contributed by atoms with Gasteiger partial charge in [-0.3, -0.25) is 4.79 Å². The number of hydrogen-bond donors (Lipinski definition) is 1. The number of nitrogens with two attached hydrogens (primary N) is 1. The van der Waals surface area contributed by atoms with Crippen LogP contribution in [0.15, 0.2) is 18.2 Å². The Bertz CT molecular complexity index is 570. The van der Waals surface area contributed by atoms with Crippen LogP contribution in [0.3, 0.4) is 0 Å². The summed E-state index contributed by atoms with van der Waals surface area (Å²) in [5, 5.41) is 0. The third-order valence-electron chi connectivity index (χ3n) is 3.90. The highest BCUT2D eigenvalue weighted by molar-refractivity contribution is 5.94. The molecule has 0 aliphatic heterocycles. The Kier molecular flexibility index (Phi) is 5.35. The highest BCUT2D eigenvalue weighted by atomic mass is 19.1. The zero-order chi connectivity index (χ0) is 15.2. The lowest BCUT2D eigenvalue weighted by Gasteiger charge is -2.32. The molecule has 0 spiro atoms. The summed E-state index contributed by atoms with van der Waals surface area (Å²) in [7, 11) is 0. The third kappa shape index (κ3) is 3.83. The van der Waals surface area contributed by atoms with E-state index < -0.39 is 5.82 Å². The SMILES string of the molecule is CCN(CC1CCC1)C(=O)c1cc(C#CCN)ccc1F. The molecule has 0 aromatic heterocycles. The molecule has 0 heterocycles. The minimum atomic E-state index is -0.495. The van der Waals surface area contributed by atoms with E-state index in [-0.39, 0.29) is 18.0 Å². The fraction of sp³-hybridized carbons (Fsp3) is 0.471. The van der Waals surface area contributed by atoms with Crippen molar-refractivity contribution in [3.8, 4) is 11.8 Å². The first kappa shape index (κ1) is 15.5. The van der Waals surface area contributed by atoms with Crippen LogP contribution in [0.4, 0.5) is 4.39 Å². The maximum Gasteiger partial charge on any atom is 0.256 e. The summed E-state index contributed by atoms with van der Waals surface area (Å²) in [5.41, 5.74) is 6.04. The van der Waals surface area contributed by atoms with E-state index in [1.54, 1.807) is 11.0 Å². The lowest BCUT2D eigenvalue weighted by atomic mass is 9.85. The van der Waals surface area contributed by atoms with Crippen molar-refractivity contribution in [2.45, 2.75) is 26.2 Å². The predicted molar refractivity (Wildman–Crippen MR) is 81.3 cm³/mol. The molecule has 2 rings (SSSR count). The van der Waals surface area contributed by atoms with Crippen molar-refractivity contribution in [1.82, 2.24) is 4.90 Å². The number of benzene rings is 1. The van der Waals surface area contributed by atoms with Gasteiger partial charge in [0.05, 0.1) is 12.1 Å². The summed E-state index contributed by atoms with van der Waals surface area (Å²) in [4.78, 5) is 14.2. The van der Waals surface area contributed by atoms with Gasteiger partial charge in [-0.05, 0) is 43.9 Å². The fourth-order valence-electron chi connectivity index (χ4n) is 2.43. The van der Waals surface area contributed by atoms with Crippen LogP contribution in [0, 0.1) is 23.6 Å². The van der Waals surface area contributed by atoms with E-state index in [0.717, 1.165) is 12.8 Å². The molecule has 1 saturated carbocycles. The van der Waals surface area contributed by atoms with Gasteiger partial charge in [-0.2, -0.15) is 0 Å².